The van der Waals surface area contributed by atoms with Gasteiger partial charge in [0.15, 0.2) is 0 Å². The number of nitrogens with zero attached hydrogens (tertiary/aromatic N) is 3. The first-order valence-corrected chi connectivity index (χ1v) is 6.75. The summed E-state index contributed by atoms with van der Waals surface area (Å²) < 4.78 is 13.8. The lowest BCUT2D eigenvalue weighted by atomic mass is 10.1. The average Bonchev–Trinajstić information content (AvgIpc) is 2.42. The molecular weight excluding hydrogens is 313 g/mol. The molecular formula is C13H13BrFN3O. The van der Waals surface area contributed by atoms with Crippen LogP contribution >= 0.6 is 15.9 Å². The maximum Gasteiger partial charge on any atom is 0.254 e. The Bertz CT molecular complexity index is 521. The summed E-state index contributed by atoms with van der Waals surface area (Å²) in [5.74, 6) is -0.600. The number of piperazine rings is 1. The van der Waals surface area contributed by atoms with Crippen molar-refractivity contribution in [2.75, 3.05) is 32.7 Å². The normalized spacial score (nSPS) is 16.2. The number of carbonyl (C=O) groups is 1. The number of nitriles is 1. The second-order valence-corrected chi connectivity index (χ2v) is 5.21. The molecule has 19 heavy (non-hydrogen) atoms. The second-order valence-electron chi connectivity index (χ2n) is 4.36. The van der Waals surface area contributed by atoms with Crippen molar-refractivity contribution in [3.8, 4) is 6.07 Å². The maximum atomic E-state index is 13.4. The first kappa shape index (κ1) is 14.0. The Morgan fingerprint density at radius 3 is 2.63 bits per heavy atom. The highest BCUT2D eigenvalue weighted by atomic mass is 79.9. The molecule has 0 aliphatic carbocycles. The number of benzene rings is 1. The Morgan fingerprint density at radius 2 is 2.05 bits per heavy atom. The van der Waals surface area contributed by atoms with Crippen molar-refractivity contribution in [3.63, 3.8) is 0 Å². The molecule has 1 fully saturated rings. The van der Waals surface area contributed by atoms with E-state index >= 15 is 0 Å². The number of halogens is 2. The van der Waals surface area contributed by atoms with E-state index in [9.17, 15) is 9.18 Å². The molecule has 0 atom stereocenters. The van der Waals surface area contributed by atoms with E-state index < -0.39 is 5.82 Å². The van der Waals surface area contributed by atoms with Gasteiger partial charge in [0, 0.05) is 31.7 Å². The zero-order valence-electron chi connectivity index (χ0n) is 10.3. The third kappa shape index (κ3) is 3.31. The minimum absolute atomic E-state index is 0.164. The van der Waals surface area contributed by atoms with Crippen LogP contribution in [0.5, 0.6) is 0 Å². The standard InChI is InChI=1S/C13H13BrFN3O/c14-11-2-1-10(9-12(11)15)13(19)18-7-5-17(4-3-16)6-8-18/h1-2,9H,4-8H2. The minimum atomic E-state index is -0.436. The molecule has 1 saturated heterocycles. The third-order valence-corrected chi connectivity index (χ3v) is 3.76. The van der Waals surface area contributed by atoms with E-state index in [1.165, 1.54) is 12.1 Å². The molecule has 1 heterocycles. The third-order valence-electron chi connectivity index (χ3n) is 3.12. The van der Waals surface area contributed by atoms with Crippen molar-refractivity contribution in [2.45, 2.75) is 0 Å². The van der Waals surface area contributed by atoms with Crippen LogP contribution in [0.1, 0.15) is 10.4 Å². The maximum absolute atomic E-state index is 13.4. The van der Waals surface area contributed by atoms with Gasteiger partial charge in [0.05, 0.1) is 17.1 Å². The molecule has 0 bridgehead atoms. The van der Waals surface area contributed by atoms with E-state index in [2.05, 4.69) is 22.0 Å². The number of hydrogen-bond acceptors (Lipinski definition) is 3. The molecule has 1 aromatic rings. The van der Waals surface area contributed by atoms with E-state index in [0.29, 0.717) is 42.8 Å². The van der Waals surface area contributed by atoms with Crippen molar-refractivity contribution in [2.24, 2.45) is 0 Å². The van der Waals surface area contributed by atoms with Gasteiger partial charge in [-0.2, -0.15) is 5.26 Å². The molecule has 1 aliphatic heterocycles. The Balaban J connectivity index is 2.01. The highest BCUT2D eigenvalue weighted by Crippen LogP contribution is 2.18. The van der Waals surface area contributed by atoms with Crippen molar-refractivity contribution in [1.29, 1.82) is 5.26 Å². The zero-order valence-corrected chi connectivity index (χ0v) is 11.9. The summed E-state index contributed by atoms with van der Waals surface area (Å²) in [5.41, 5.74) is 0.356. The van der Waals surface area contributed by atoms with Crippen molar-refractivity contribution in [3.05, 3.63) is 34.1 Å². The molecule has 0 N–H and O–H groups in total. The van der Waals surface area contributed by atoms with Crippen LogP contribution in [0.3, 0.4) is 0 Å². The largest absolute Gasteiger partial charge is 0.336 e. The summed E-state index contributed by atoms with van der Waals surface area (Å²) in [5, 5.41) is 8.61. The number of amides is 1. The van der Waals surface area contributed by atoms with Gasteiger partial charge in [0.2, 0.25) is 0 Å². The van der Waals surface area contributed by atoms with Crippen LogP contribution < -0.4 is 0 Å². The molecule has 0 saturated carbocycles. The predicted molar refractivity (Wildman–Crippen MR) is 72.1 cm³/mol. The first-order chi connectivity index (χ1) is 9.11. The van der Waals surface area contributed by atoms with Crippen LogP contribution in [0.15, 0.2) is 22.7 Å². The van der Waals surface area contributed by atoms with Gasteiger partial charge in [0.25, 0.3) is 5.91 Å². The molecule has 1 aliphatic rings. The van der Waals surface area contributed by atoms with Crippen LogP contribution in [-0.4, -0.2) is 48.4 Å². The molecule has 0 spiro atoms. The van der Waals surface area contributed by atoms with E-state index in [1.54, 1.807) is 11.0 Å². The van der Waals surface area contributed by atoms with Crippen LogP contribution in [0, 0.1) is 17.1 Å². The van der Waals surface area contributed by atoms with Crippen LogP contribution in [-0.2, 0) is 0 Å². The second kappa shape index (κ2) is 6.13. The summed E-state index contributed by atoms with van der Waals surface area (Å²) in [7, 11) is 0. The highest BCUT2D eigenvalue weighted by molar-refractivity contribution is 9.10. The van der Waals surface area contributed by atoms with Gasteiger partial charge in [0.1, 0.15) is 5.82 Å². The fourth-order valence-corrected chi connectivity index (χ4v) is 2.27. The van der Waals surface area contributed by atoms with Crippen LogP contribution in [0.25, 0.3) is 0 Å². The SMILES string of the molecule is N#CCN1CCN(C(=O)c2ccc(Br)c(F)c2)CC1. The van der Waals surface area contributed by atoms with Gasteiger partial charge in [-0.15, -0.1) is 0 Å². The monoisotopic (exact) mass is 325 g/mol. The first-order valence-electron chi connectivity index (χ1n) is 5.95. The molecule has 6 heteroatoms. The summed E-state index contributed by atoms with van der Waals surface area (Å²) in [6.45, 7) is 2.88. The van der Waals surface area contributed by atoms with E-state index in [-0.39, 0.29) is 5.91 Å². The number of carbonyl (C=O) groups excluding carboxylic acids is 1. The lowest BCUT2D eigenvalue weighted by molar-refractivity contribution is 0.0651. The number of rotatable bonds is 2. The van der Waals surface area contributed by atoms with Gasteiger partial charge >= 0.3 is 0 Å². The topological polar surface area (TPSA) is 47.3 Å². The lowest BCUT2D eigenvalue weighted by Crippen LogP contribution is -2.48. The Labute approximate surface area is 119 Å². The van der Waals surface area contributed by atoms with Crippen LogP contribution in [0.2, 0.25) is 0 Å². The average molecular weight is 326 g/mol. The van der Waals surface area contributed by atoms with Crippen LogP contribution in [0.4, 0.5) is 4.39 Å². The summed E-state index contributed by atoms with van der Waals surface area (Å²) >= 11 is 3.06. The quantitative estimate of drug-likeness (QED) is 0.780. The fraction of sp³-hybridized carbons (Fsp3) is 0.385. The summed E-state index contributed by atoms with van der Waals surface area (Å²) in [6, 6.07) is 6.48. The molecule has 0 unspecified atom stereocenters. The summed E-state index contributed by atoms with van der Waals surface area (Å²) in [4.78, 5) is 15.9. The van der Waals surface area contributed by atoms with Crippen molar-refractivity contribution < 1.29 is 9.18 Å². The van der Waals surface area contributed by atoms with Gasteiger partial charge in [-0.05, 0) is 34.1 Å². The molecule has 100 valence electrons. The van der Waals surface area contributed by atoms with Crippen molar-refractivity contribution in [1.82, 2.24) is 9.80 Å². The Kier molecular flexibility index (Phi) is 4.51. The Morgan fingerprint density at radius 1 is 1.37 bits per heavy atom. The molecule has 1 aromatic carbocycles. The minimum Gasteiger partial charge on any atom is -0.336 e. The van der Waals surface area contributed by atoms with E-state index in [0.717, 1.165) is 0 Å². The molecule has 1 amide bonds. The number of hydrogen-bond donors (Lipinski definition) is 0. The highest BCUT2D eigenvalue weighted by Gasteiger charge is 2.22. The summed E-state index contributed by atoms with van der Waals surface area (Å²) in [6.07, 6.45) is 0. The Hall–Kier alpha value is -1.45. The van der Waals surface area contributed by atoms with E-state index in [1.807, 2.05) is 4.90 Å². The predicted octanol–water partition coefficient (Wildman–Crippen LogP) is 1.87. The van der Waals surface area contributed by atoms with Crippen molar-refractivity contribution >= 4 is 21.8 Å². The van der Waals surface area contributed by atoms with Gasteiger partial charge < -0.3 is 4.90 Å². The molecule has 2 rings (SSSR count). The van der Waals surface area contributed by atoms with Gasteiger partial charge in [-0.3, -0.25) is 9.69 Å². The van der Waals surface area contributed by atoms with E-state index in [4.69, 9.17) is 5.26 Å². The van der Waals surface area contributed by atoms with Gasteiger partial charge in [-0.1, -0.05) is 0 Å². The molecule has 0 aromatic heterocycles. The zero-order chi connectivity index (χ0) is 13.8. The molecule has 4 nitrogen and oxygen atoms in total. The smallest absolute Gasteiger partial charge is 0.254 e. The lowest BCUT2D eigenvalue weighted by Gasteiger charge is -2.33. The molecule has 0 radical (unpaired) electrons. The fourth-order valence-electron chi connectivity index (χ4n) is 2.02. The van der Waals surface area contributed by atoms with Gasteiger partial charge in [-0.25, -0.2) is 4.39 Å².